The number of hydrogen-bond acceptors (Lipinski definition) is 3. The van der Waals surface area contributed by atoms with Gasteiger partial charge in [0.1, 0.15) is 5.75 Å². The molecular weight excluding hydrogens is 388 g/mol. The fourth-order valence-electron chi connectivity index (χ4n) is 3.79. The van der Waals surface area contributed by atoms with E-state index in [9.17, 15) is 9.59 Å². The Hall–Kier alpha value is -3.60. The number of nitrogens with zero attached hydrogens (tertiary/aromatic N) is 1. The van der Waals surface area contributed by atoms with Crippen LogP contribution in [0.1, 0.15) is 34.0 Å². The van der Waals surface area contributed by atoms with Gasteiger partial charge in [0, 0.05) is 25.2 Å². The van der Waals surface area contributed by atoms with Crippen LogP contribution in [0.25, 0.3) is 0 Å². The maximum Gasteiger partial charge on any atom is 0.263 e. The van der Waals surface area contributed by atoms with Crippen molar-refractivity contribution in [1.82, 2.24) is 10.2 Å². The van der Waals surface area contributed by atoms with Gasteiger partial charge in [0.2, 0.25) is 0 Å². The van der Waals surface area contributed by atoms with E-state index in [1.165, 1.54) is 11.1 Å². The zero-order chi connectivity index (χ0) is 21.6. The lowest BCUT2D eigenvalue weighted by molar-refractivity contribution is -0.138. The van der Waals surface area contributed by atoms with Crippen molar-refractivity contribution in [3.8, 4) is 5.75 Å². The second-order valence-corrected chi connectivity index (χ2v) is 7.73. The molecule has 0 radical (unpaired) electrons. The van der Waals surface area contributed by atoms with Crippen molar-refractivity contribution in [2.45, 2.75) is 32.5 Å². The summed E-state index contributed by atoms with van der Waals surface area (Å²) in [5.74, 6) is 0.278. The third-order valence-corrected chi connectivity index (χ3v) is 5.50. The third kappa shape index (κ3) is 5.12. The lowest BCUT2D eigenvalue weighted by Gasteiger charge is -2.31. The van der Waals surface area contributed by atoms with Crippen molar-refractivity contribution in [2.24, 2.45) is 0 Å². The van der Waals surface area contributed by atoms with E-state index in [0.29, 0.717) is 30.9 Å². The number of nitrogens with one attached hydrogen (secondary N) is 1. The molecule has 1 N–H and O–H groups in total. The topological polar surface area (TPSA) is 58.6 Å². The Labute approximate surface area is 182 Å². The Morgan fingerprint density at radius 2 is 1.71 bits per heavy atom. The molecule has 0 aliphatic carbocycles. The van der Waals surface area contributed by atoms with Gasteiger partial charge in [-0.05, 0) is 48.2 Å². The number of rotatable bonds is 6. The Morgan fingerprint density at radius 1 is 0.968 bits per heavy atom. The molecular formula is C26H26N2O3. The Balaban J connectivity index is 1.36. The number of carbonyl (C=O) groups excluding carboxylic acids is 2. The minimum Gasteiger partial charge on any atom is -0.481 e. The van der Waals surface area contributed by atoms with Crippen molar-refractivity contribution < 1.29 is 14.3 Å². The third-order valence-electron chi connectivity index (χ3n) is 5.50. The fraction of sp³-hybridized carbons (Fsp3) is 0.231. The van der Waals surface area contributed by atoms with Gasteiger partial charge in [0.15, 0.2) is 6.10 Å². The maximum atomic E-state index is 12.9. The van der Waals surface area contributed by atoms with E-state index >= 15 is 0 Å². The number of ether oxygens (including phenoxy) is 1. The summed E-state index contributed by atoms with van der Waals surface area (Å²) in [5.41, 5.74) is 4.02. The molecule has 0 spiro atoms. The van der Waals surface area contributed by atoms with Crippen LogP contribution < -0.4 is 10.1 Å². The molecule has 3 aromatic carbocycles. The van der Waals surface area contributed by atoms with E-state index in [1.807, 2.05) is 47.4 Å². The van der Waals surface area contributed by atoms with Gasteiger partial charge in [0.25, 0.3) is 11.8 Å². The summed E-state index contributed by atoms with van der Waals surface area (Å²) in [6.07, 6.45) is 0.221. The number of benzene rings is 3. The summed E-state index contributed by atoms with van der Waals surface area (Å²) in [6.45, 7) is 3.50. The van der Waals surface area contributed by atoms with Gasteiger partial charge in [-0.3, -0.25) is 9.59 Å². The molecule has 0 fully saturated rings. The maximum absolute atomic E-state index is 12.9. The van der Waals surface area contributed by atoms with E-state index < -0.39 is 6.10 Å². The first-order chi connectivity index (χ1) is 15.1. The fourth-order valence-corrected chi connectivity index (χ4v) is 3.79. The van der Waals surface area contributed by atoms with E-state index in [0.717, 1.165) is 12.0 Å². The second-order valence-electron chi connectivity index (χ2n) is 7.73. The van der Waals surface area contributed by atoms with Gasteiger partial charge in [-0.2, -0.15) is 0 Å². The predicted octanol–water partition coefficient (Wildman–Crippen LogP) is 3.97. The number of hydrogen-bond donors (Lipinski definition) is 1. The van der Waals surface area contributed by atoms with Gasteiger partial charge in [-0.15, -0.1) is 0 Å². The monoisotopic (exact) mass is 414 g/mol. The van der Waals surface area contributed by atoms with E-state index in [1.54, 1.807) is 31.2 Å². The van der Waals surface area contributed by atoms with E-state index in [4.69, 9.17) is 4.74 Å². The van der Waals surface area contributed by atoms with Crippen LogP contribution in [0.2, 0.25) is 0 Å². The lowest BCUT2D eigenvalue weighted by atomic mass is 9.99. The molecule has 1 aliphatic rings. The van der Waals surface area contributed by atoms with Crippen molar-refractivity contribution in [3.05, 3.63) is 101 Å². The standard InChI is InChI=1S/C26H26N2O3/c1-19(26(30)28-15-14-21-10-5-6-11-23(21)18-28)31-24-13-7-12-22(16-24)25(29)27-17-20-8-3-2-4-9-20/h2-13,16,19H,14-15,17-18H2,1H3,(H,27,29)/t19-/m1/s1. The molecule has 0 saturated carbocycles. The number of fused-ring (bicyclic) bond motifs is 1. The lowest BCUT2D eigenvalue weighted by Crippen LogP contribution is -2.43. The van der Waals surface area contributed by atoms with Crippen LogP contribution in [0.5, 0.6) is 5.75 Å². The summed E-state index contributed by atoms with van der Waals surface area (Å²) >= 11 is 0. The van der Waals surface area contributed by atoms with Gasteiger partial charge < -0.3 is 15.0 Å². The van der Waals surface area contributed by atoms with Crippen molar-refractivity contribution in [2.75, 3.05) is 6.54 Å². The minimum absolute atomic E-state index is 0.0477. The molecule has 0 aromatic heterocycles. The highest BCUT2D eigenvalue weighted by atomic mass is 16.5. The van der Waals surface area contributed by atoms with Crippen LogP contribution >= 0.6 is 0 Å². The normalized spacial score (nSPS) is 13.8. The predicted molar refractivity (Wildman–Crippen MR) is 120 cm³/mol. The average molecular weight is 415 g/mol. The summed E-state index contributed by atoms with van der Waals surface area (Å²) < 4.78 is 5.90. The summed E-state index contributed by atoms with van der Waals surface area (Å²) in [5, 5.41) is 2.91. The highest BCUT2D eigenvalue weighted by Crippen LogP contribution is 2.21. The van der Waals surface area contributed by atoms with E-state index in [2.05, 4.69) is 17.4 Å². The van der Waals surface area contributed by atoms with Crippen LogP contribution in [0.15, 0.2) is 78.9 Å². The number of carbonyl (C=O) groups is 2. The number of amides is 2. The van der Waals surface area contributed by atoms with Crippen LogP contribution in [-0.4, -0.2) is 29.4 Å². The molecule has 3 aromatic rings. The molecule has 158 valence electrons. The molecule has 4 rings (SSSR count). The molecule has 0 bridgehead atoms. The molecule has 2 amide bonds. The van der Waals surface area contributed by atoms with Gasteiger partial charge in [-0.1, -0.05) is 60.7 Å². The first-order valence-corrected chi connectivity index (χ1v) is 10.5. The molecule has 1 atom stereocenters. The van der Waals surface area contributed by atoms with Gasteiger partial charge in [0.05, 0.1) is 0 Å². The Morgan fingerprint density at radius 3 is 2.52 bits per heavy atom. The van der Waals surface area contributed by atoms with Crippen LogP contribution in [0.3, 0.4) is 0 Å². The van der Waals surface area contributed by atoms with Crippen LogP contribution in [-0.2, 0) is 24.3 Å². The molecule has 1 aliphatic heterocycles. The second kappa shape index (κ2) is 9.47. The summed E-state index contributed by atoms with van der Waals surface area (Å²) in [6, 6.07) is 24.9. The smallest absolute Gasteiger partial charge is 0.263 e. The zero-order valence-corrected chi connectivity index (χ0v) is 17.6. The van der Waals surface area contributed by atoms with Gasteiger partial charge in [-0.25, -0.2) is 0 Å². The molecule has 0 unspecified atom stereocenters. The van der Waals surface area contributed by atoms with Gasteiger partial charge >= 0.3 is 0 Å². The first kappa shape index (κ1) is 20.7. The zero-order valence-electron chi connectivity index (χ0n) is 17.6. The Bertz CT molecular complexity index is 1070. The quantitative estimate of drug-likeness (QED) is 0.664. The summed E-state index contributed by atoms with van der Waals surface area (Å²) in [7, 11) is 0. The molecule has 0 saturated heterocycles. The van der Waals surface area contributed by atoms with Crippen LogP contribution in [0.4, 0.5) is 0 Å². The first-order valence-electron chi connectivity index (χ1n) is 10.5. The molecule has 5 heteroatoms. The average Bonchev–Trinajstić information content (AvgIpc) is 2.82. The van der Waals surface area contributed by atoms with Crippen LogP contribution in [0, 0.1) is 0 Å². The highest BCUT2D eigenvalue weighted by Gasteiger charge is 2.25. The van der Waals surface area contributed by atoms with E-state index in [-0.39, 0.29) is 11.8 Å². The molecule has 1 heterocycles. The Kier molecular flexibility index (Phi) is 6.32. The van der Waals surface area contributed by atoms with Crippen molar-refractivity contribution in [3.63, 3.8) is 0 Å². The molecule has 5 nitrogen and oxygen atoms in total. The highest BCUT2D eigenvalue weighted by molar-refractivity contribution is 5.94. The SMILES string of the molecule is C[C@@H](Oc1cccc(C(=O)NCc2ccccc2)c1)C(=O)N1CCc2ccccc2C1. The molecule has 31 heavy (non-hydrogen) atoms. The van der Waals surface area contributed by atoms with Crippen molar-refractivity contribution in [1.29, 1.82) is 0 Å². The largest absolute Gasteiger partial charge is 0.481 e. The minimum atomic E-state index is -0.632. The van der Waals surface area contributed by atoms with Crippen molar-refractivity contribution >= 4 is 11.8 Å². The summed E-state index contributed by atoms with van der Waals surface area (Å²) in [4.78, 5) is 27.3.